The van der Waals surface area contributed by atoms with Gasteiger partial charge in [0.2, 0.25) is 0 Å². The Morgan fingerprint density at radius 1 is 1.67 bits per heavy atom. The summed E-state index contributed by atoms with van der Waals surface area (Å²) in [6.45, 7) is 1.70. The molecule has 12 heavy (non-hydrogen) atoms. The second-order valence-electron chi connectivity index (χ2n) is 3.21. The highest BCUT2D eigenvalue weighted by molar-refractivity contribution is 4.96. The molecule has 4 heteroatoms. The Bertz CT molecular complexity index is 253. The molecule has 0 amide bonds. The Hall–Kier alpha value is -0.900. The van der Waals surface area contributed by atoms with Crippen LogP contribution in [0.15, 0.2) is 6.33 Å². The molecule has 1 aromatic heterocycles. The highest BCUT2D eigenvalue weighted by Crippen LogP contribution is 2.22. The number of hydrogen-bond donors (Lipinski definition) is 0. The van der Waals surface area contributed by atoms with Gasteiger partial charge >= 0.3 is 0 Å². The maximum Gasteiger partial charge on any atom is 0.137 e. The molecule has 0 bridgehead atoms. The zero-order valence-electron chi connectivity index (χ0n) is 7.23. The topological polar surface area (TPSA) is 39.9 Å². The standard InChI is InChI=1S/C8H13N3O/c1-11-6-9-10-8(11)7-3-2-4-12-5-7/h6-7H,2-5H2,1H3. The van der Waals surface area contributed by atoms with Gasteiger partial charge in [0, 0.05) is 19.6 Å². The molecule has 0 saturated carbocycles. The van der Waals surface area contributed by atoms with Crippen LogP contribution in [-0.4, -0.2) is 28.0 Å². The van der Waals surface area contributed by atoms with Gasteiger partial charge in [0.15, 0.2) is 0 Å². The van der Waals surface area contributed by atoms with Crippen LogP contribution in [0.2, 0.25) is 0 Å². The summed E-state index contributed by atoms with van der Waals surface area (Å²) in [5.74, 6) is 1.50. The number of rotatable bonds is 1. The van der Waals surface area contributed by atoms with E-state index in [2.05, 4.69) is 10.2 Å². The van der Waals surface area contributed by atoms with Crippen LogP contribution in [-0.2, 0) is 11.8 Å². The number of nitrogens with zero attached hydrogens (tertiary/aromatic N) is 3. The number of ether oxygens (including phenoxy) is 1. The fourth-order valence-electron chi connectivity index (χ4n) is 1.61. The Balaban J connectivity index is 2.13. The summed E-state index contributed by atoms with van der Waals surface area (Å²) in [5, 5.41) is 7.93. The molecule has 1 aromatic rings. The summed E-state index contributed by atoms with van der Waals surface area (Å²) in [6.07, 6.45) is 4.05. The van der Waals surface area contributed by atoms with E-state index >= 15 is 0 Å². The van der Waals surface area contributed by atoms with Gasteiger partial charge in [-0.1, -0.05) is 0 Å². The van der Waals surface area contributed by atoms with Gasteiger partial charge in [-0.25, -0.2) is 0 Å². The average molecular weight is 167 g/mol. The van der Waals surface area contributed by atoms with E-state index in [-0.39, 0.29) is 0 Å². The van der Waals surface area contributed by atoms with E-state index < -0.39 is 0 Å². The third kappa shape index (κ3) is 1.34. The van der Waals surface area contributed by atoms with Crippen LogP contribution < -0.4 is 0 Å². The first-order valence-corrected chi connectivity index (χ1v) is 4.29. The molecule has 1 unspecified atom stereocenters. The molecule has 0 aromatic carbocycles. The summed E-state index contributed by atoms with van der Waals surface area (Å²) in [7, 11) is 1.98. The molecular weight excluding hydrogens is 154 g/mol. The maximum absolute atomic E-state index is 5.38. The van der Waals surface area contributed by atoms with Crippen molar-refractivity contribution in [1.29, 1.82) is 0 Å². The van der Waals surface area contributed by atoms with Crippen molar-refractivity contribution in [2.45, 2.75) is 18.8 Å². The third-order valence-corrected chi connectivity index (χ3v) is 2.27. The van der Waals surface area contributed by atoms with Crippen molar-refractivity contribution in [3.63, 3.8) is 0 Å². The lowest BCUT2D eigenvalue weighted by Crippen LogP contribution is -2.18. The number of aryl methyl sites for hydroxylation is 1. The monoisotopic (exact) mass is 167 g/mol. The minimum Gasteiger partial charge on any atom is -0.381 e. The smallest absolute Gasteiger partial charge is 0.137 e. The summed E-state index contributed by atoms with van der Waals surface area (Å²) >= 11 is 0. The molecule has 1 saturated heterocycles. The number of aromatic nitrogens is 3. The van der Waals surface area contributed by atoms with Crippen LogP contribution in [0.3, 0.4) is 0 Å². The predicted octanol–water partition coefficient (Wildman–Crippen LogP) is 0.709. The molecule has 1 atom stereocenters. The predicted molar refractivity (Wildman–Crippen MR) is 43.8 cm³/mol. The van der Waals surface area contributed by atoms with Gasteiger partial charge in [-0.05, 0) is 12.8 Å². The van der Waals surface area contributed by atoms with E-state index in [1.807, 2.05) is 11.6 Å². The van der Waals surface area contributed by atoms with Crippen molar-refractivity contribution < 1.29 is 4.74 Å². The molecule has 2 heterocycles. The lowest BCUT2D eigenvalue weighted by Gasteiger charge is -2.20. The molecule has 1 aliphatic heterocycles. The van der Waals surface area contributed by atoms with Crippen molar-refractivity contribution >= 4 is 0 Å². The van der Waals surface area contributed by atoms with E-state index in [4.69, 9.17) is 4.74 Å². The summed E-state index contributed by atoms with van der Waals surface area (Å²) in [4.78, 5) is 0. The molecule has 0 aliphatic carbocycles. The van der Waals surface area contributed by atoms with Crippen LogP contribution in [0.4, 0.5) is 0 Å². The molecule has 0 radical (unpaired) electrons. The van der Waals surface area contributed by atoms with Gasteiger partial charge in [0.05, 0.1) is 6.61 Å². The van der Waals surface area contributed by atoms with Crippen LogP contribution in [0.1, 0.15) is 24.6 Å². The summed E-state index contributed by atoms with van der Waals surface area (Å²) in [6, 6.07) is 0. The lowest BCUT2D eigenvalue weighted by molar-refractivity contribution is 0.0772. The zero-order valence-corrected chi connectivity index (χ0v) is 7.23. The van der Waals surface area contributed by atoms with E-state index in [1.165, 1.54) is 6.42 Å². The highest BCUT2D eigenvalue weighted by atomic mass is 16.5. The molecule has 2 rings (SSSR count). The van der Waals surface area contributed by atoms with Crippen LogP contribution >= 0.6 is 0 Å². The van der Waals surface area contributed by atoms with Crippen LogP contribution in [0.5, 0.6) is 0 Å². The minimum atomic E-state index is 0.450. The maximum atomic E-state index is 5.38. The minimum absolute atomic E-state index is 0.450. The first-order chi connectivity index (χ1) is 5.88. The summed E-state index contributed by atoms with van der Waals surface area (Å²) < 4.78 is 7.35. The Morgan fingerprint density at radius 3 is 3.17 bits per heavy atom. The molecule has 1 aliphatic rings. The van der Waals surface area contributed by atoms with Gasteiger partial charge in [-0.2, -0.15) is 0 Å². The fourth-order valence-corrected chi connectivity index (χ4v) is 1.61. The van der Waals surface area contributed by atoms with Crippen LogP contribution in [0, 0.1) is 0 Å². The second kappa shape index (κ2) is 3.23. The van der Waals surface area contributed by atoms with Gasteiger partial charge < -0.3 is 9.30 Å². The van der Waals surface area contributed by atoms with Crippen molar-refractivity contribution in [1.82, 2.24) is 14.8 Å². The Morgan fingerprint density at radius 2 is 2.58 bits per heavy atom. The molecule has 0 spiro atoms. The molecule has 66 valence electrons. The largest absolute Gasteiger partial charge is 0.381 e. The van der Waals surface area contributed by atoms with Crippen molar-refractivity contribution in [3.05, 3.63) is 12.2 Å². The highest BCUT2D eigenvalue weighted by Gasteiger charge is 2.19. The van der Waals surface area contributed by atoms with Crippen molar-refractivity contribution in [3.8, 4) is 0 Å². The van der Waals surface area contributed by atoms with Gasteiger partial charge in [-0.15, -0.1) is 10.2 Å². The third-order valence-electron chi connectivity index (χ3n) is 2.27. The molecule has 0 N–H and O–H groups in total. The normalized spacial score (nSPS) is 24.2. The number of hydrogen-bond acceptors (Lipinski definition) is 3. The fraction of sp³-hybridized carbons (Fsp3) is 0.750. The van der Waals surface area contributed by atoms with E-state index in [9.17, 15) is 0 Å². The van der Waals surface area contributed by atoms with Crippen molar-refractivity contribution in [2.24, 2.45) is 7.05 Å². The Kier molecular flexibility index (Phi) is 2.08. The molecule has 1 fully saturated rings. The van der Waals surface area contributed by atoms with Gasteiger partial charge in [0.1, 0.15) is 12.2 Å². The van der Waals surface area contributed by atoms with Gasteiger partial charge in [-0.3, -0.25) is 0 Å². The Labute approximate surface area is 71.6 Å². The summed E-state index contributed by atoms with van der Waals surface area (Å²) in [5.41, 5.74) is 0. The SMILES string of the molecule is Cn1cnnc1C1CCCOC1. The van der Waals surface area contributed by atoms with E-state index in [0.717, 1.165) is 25.5 Å². The first-order valence-electron chi connectivity index (χ1n) is 4.29. The van der Waals surface area contributed by atoms with Crippen LogP contribution in [0.25, 0.3) is 0 Å². The van der Waals surface area contributed by atoms with Crippen molar-refractivity contribution in [2.75, 3.05) is 13.2 Å². The first kappa shape index (κ1) is 7.73. The average Bonchev–Trinajstić information content (AvgIpc) is 2.53. The van der Waals surface area contributed by atoms with E-state index in [1.54, 1.807) is 6.33 Å². The lowest BCUT2D eigenvalue weighted by atomic mass is 10.0. The second-order valence-corrected chi connectivity index (χ2v) is 3.21. The van der Waals surface area contributed by atoms with Gasteiger partial charge in [0.25, 0.3) is 0 Å². The van der Waals surface area contributed by atoms with E-state index in [0.29, 0.717) is 5.92 Å². The zero-order chi connectivity index (χ0) is 8.39. The molecular formula is C8H13N3O. The molecule has 4 nitrogen and oxygen atoms in total. The quantitative estimate of drug-likeness (QED) is 0.618.